The van der Waals surface area contributed by atoms with Crippen molar-refractivity contribution in [3.05, 3.63) is 63.4 Å². The summed E-state index contributed by atoms with van der Waals surface area (Å²) in [7, 11) is 3.33. The lowest BCUT2D eigenvalue weighted by Crippen LogP contribution is -2.50. The standard InChI is InChI=1S/C30H32FIN6O4/c1-30(2,3)42-29(40)38-13-11-37(12-14-38)26-18(15-21(32)27-19(26)17-34-36(27)4)16-23(39)22-9-10-33-28(35-22)25-20(31)7-6-8-24(25)41-5/h6-10,15,17H,11-14,16H2,1-5H3. The molecule has 2 aromatic heterocycles. The van der Waals surface area contributed by atoms with E-state index >= 15 is 0 Å². The van der Waals surface area contributed by atoms with Gasteiger partial charge in [0.25, 0.3) is 0 Å². The highest BCUT2D eigenvalue weighted by atomic mass is 127. The van der Waals surface area contributed by atoms with Crippen LogP contribution in [-0.4, -0.2) is 75.4 Å². The Hall–Kier alpha value is -3.81. The SMILES string of the molecule is COc1cccc(F)c1-c1nccc(C(=O)Cc2cc(I)c3c(cnn3C)c2N2CCN(C(=O)OC(C)(C)C)CC2)n1. The monoisotopic (exact) mass is 686 g/mol. The Morgan fingerprint density at radius 2 is 1.86 bits per heavy atom. The molecule has 0 N–H and O–H groups in total. The van der Waals surface area contributed by atoms with Gasteiger partial charge in [0.2, 0.25) is 0 Å². The molecule has 10 nitrogen and oxygen atoms in total. The predicted molar refractivity (Wildman–Crippen MR) is 165 cm³/mol. The summed E-state index contributed by atoms with van der Waals surface area (Å²) >= 11 is 2.26. The summed E-state index contributed by atoms with van der Waals surface area (Å²) in [5.41, 5.74) is 2.39. The van der Waals surface area contributed by atoms with Crippen molar-refractivity contribution in [2.45, 2.75) is 32.8 Å². The van der Waals surface area contributed by atoms with Crippen LogP contribution in [0.2, 0.25) is 0 Å². The summed E-state index contributed by atoms with van der Waals surface area (Å²) in [6, 6.07) is 8.00. The average molecular weight is 687 g/mol. The van der Waals surface area contributed by atoms with Crippen molar-refractivity contribution in [2.24, 2.45) is 7.05 Å². The van der Waals surface area contributed by atoms with Gasteiger partial charge in [0.15, 0.2) is 11.6 Å². The van der Waals surface area contributed by atoms with Crippen LogP contribution < -0.4 is 9.64 Å². The lowest BCUT2D eigenvalue weighted by Gasteiger charge is -2.38. The number of nitrogens with zero attached hydrogens (tertiary/aromatic N) is 6. The molecule has 0 radical (unpaired) electrons. The number of amides is 1. The topological polar surface area (TPSA) is 103 Å². The zero-order chi connectivity index (χ0) is 30.2. The zero-order valence-corrected chi connectivity index (χ0v) is 26.3. The van der Waals surface area contributed by atoms with E-state index in [1.165, 1.54) is 31.5 Å². The van der Waals surface area contributed by atoms with Gasteiger partial charge in [0, 0.05) is 54.8 Å². The molecule has 3 heterocycles. The number of ketones is 1. The Morgan fingerprint density at radius 1 is 1.12 bits per heavy atom. The van der Waals surface area contributed by atoms with E-state index in [-0.39, 0.29) is 41.1 Å². The molecule has 5 rings (SSSR count). The van der Waals surface area contributed by atoms with Crippen molar-refractivity contribution in [1.29, 1.82) is 0 Å². The number of halogens is 2. The number of aryl methyl sites for hydroxylation is 1. The number of anilines is 1. The van der Waals surface area contributed by atoms with Crippen molar-refractivity contribution < 1.29 is 23.5 Å². The molecule has 0 spiro atoms. The second kappa shape index (κ2) is 11.8. The predicted octanol–water partition coefficient (Wildman–Crippen LogP) is 5.27. The highest BCUT2D eigenvalue weighted by molar-refractivity contribution is 14.1. The van der Waals surface area contributed by atoms with Crippen LogP contribution in [0.5, 0.6) is 5.75 Å². The fraction of sp³-hybridized carbons (Fsp3) is 0.367. The van der Waals surface area contributed by atoms with Gasteiger partial charge in [0.1, 0.15) is 22.9 Å². The minimum atomic E-state index is -0.571. The number of benzene rings is 2. The number of aromatic nitrogens is 4. The van der Waals surface area contributed by atoms with Crippen LogP contribution in [0.3, 0.4) is 0 Å². The Labute approximate surface area is 257 Å². The van der Waals surface area contributed by atoms with Gasteiger partial charge in [-0.25, -0.2) is 19.2 Å². The summed E-state index contributed by atoms with van der Waals surface area (Å²) < 4.78 is 28.4. The second-order valence-electron chi connectivity index (χ2n) is 11.0. The van der Waals surface area contributed by atoms with E-state index in [0.29, 0.717) is 26.2 Å². The number of ether oxygens (including phenoxy) is 2. The second-order valence-corrected chi connectivity index (χ2v) is 12.2. The zero-order valence-electron chi connectivity index (χ0n) is 24.1. The number of methoxy groups -OCH3 is 1. The molecular formula is C30H32FIN6O4. The van der Waals surface area contributed by atoms with E-state index in [2.05, 4.69) is 42.6 Å². The summed E-state index contributed by atoms with van der Waals surface area (Å²) in [6.07, 6.45) is 2.99. The maximum absolute atomic E-state index is 14.7. The van der Waals surface area contributed by atoms with Crippen molar-refractivity contribution in [3.63, 3.8) is 0 Å². The fourth-order valence-electron chi connectivity index (χ4n) is 5.09. The molecule has 42 heavy (non-hydrogen) atoms. The molecule has 0 aliphatic carbocycles. The normalized spacial score (nSPS) is 13.9. The number of hydrogen-bond acceptors (Lipinski definition) is 8. The molecule has 0 unspecified atom stereocenters. The first-order chi connectivity index (χ1) is 20.0. The van der Waals surface area contributed by atoms with E-state index in [4.69, 9.17) is 9.47 Å². The van der Waals surface area contributed by atoms with E-state index in [1.54, 1.807) is 11.0 Å². The van der Waals surface area contributed by atoms with Gasteiger partial charge in [-0.05, 0) is 73.2 Å². The molecule has 1 fully saturated rings. The summed E-state index contributed by atoms with van der Waals surface area (Å²) in [6.45, 7) is 7.64. The van der Waals surface area contributed by atoms with Gasteiger partial charge in [-0.15, -0.1) is 0 Å². The van der Waals surface area contributed by atoms with E-state index in [0.717, 1.165) is 25.7 Å². The summed E-state index contributed by atoms with van der Waals surface area (Å²) in [4.78, 5) is 38.9. The van der Waals surface area contributed by atoms with Crippen LogP contribution in [0.15, 0.2) is 42.7 Å². The van der Waals surface area contributed by atoms with Gasteiger partial charge in [-0.2, -0.15) is 5.10 Å². The molecule has 4 aromatic rings. The third-order valence-electron chi connectivity index (χ3n) is 6.98. The molecule has 1 aliphatic rings. The van der Waals surface area contributed by atoms with Crippen molar-refractivity contribution >= 4 is 51.1 Å². The Morgan fingerprint density at radius 3 is 2.55 bits per heavy atom. The van der Waals surface area contributed by atoms with Gasteiger partial charge < -0.3 is 19.3 Å². The number of piperazine rings is 1. The first-order valence-electron chi connectivity index (χ1n) is 13.5. The lowest BCUT2D eigenvalue weighted by molar-refractivity contribution is 0.0240. The Kier molecular flexibility index (Phi) is 8.35. The van der Waals surface area contributed by atoms with Gasteiger partial charge >= 0.3 is 6.09 Å². The highest BCUT2D eigenvalue weighted by Crippen LogP contribution is 2.36. The Bertz CT molecular complexity index is 1660. The maximum Gasteiger partial charge on any atom is 0.410 e. The quantitative estimate of drug-likeness (QED) is 0.200. The van der Waals surface area contributed by atoms with Gasteiger partial charge in [-0.1, -0.05) is 6.07 Å². The molecule has 1 amide bonds. The Balaban J connectivity index is 1.46. The van der Waals surface area contributed by atoms with Gasteiger partial charge in [0.05, 0.1) is 30.1 Å². The molecule has 0 bridgehead atoms. The molecule has 1 saturated heterocycles. The van der Waals surface area contributed by atoms with Gasteiger partial charge in [-0.3, -0.25) is 9.48 Å². The van der Waals surface area contributed by atoms with E-state index in [9.17, 15) is 14.0 Å². The van der Waals surface area contributed by atoms with Crippen LogP contribution in [0, 0.1) is 9.39 Å². The number of Topliss-reactive ketones (excluding diaryl/α,β-unsaturated/α-hetero) is 1. The highest BCUT2D eigenvalue weighted by Gasteiger charge is 2.29. The van der Waals surface area contributed by atoms with Crippen molar-refractivity contribution in [1.82, 2.24) is 24.6 Å². The van der Waals surface area contributed by atoms with Crippen LogP contribution in [0.4, 0.5) is 14.9 Å². The molecule has 1 aliphatic heterocycles. The number of hydrogen-bond donors (Lipinski definition) is 0. The number of rotatable bonds is 6. The number of carbonyl (C=O) groups is 2. The molecule has 2 aromatic carbocycles. The number of fused-ring (bicyclic) bond motifs is 1. The van der Waals surface area contributed by atoms with Crippen LogP contribution in [0.25, 0.3) is 22.3 Å². The van der Waals surface area contributed by atoms with Crippen molar-refractivity contribution in [3.8, 4) is 17.1 Å². The van der Waals surface area contributed by atoms with Crippen LogP contribution in [-0.2, 0) is 18.2 Å². The number of carbonyl (C=O) groups excluding carboxylic acids is 2. The van der Waals surface area contributed by atoms with Crippen molar-refractivity contribution in [2.75, 3.05) is 38.2 Å². The fourth-order valence-corrected chi connectivity index (χ4v) is 6.11. The smallest absolute Gasteiger partial charge is 0.410 e. The molecule has 220 valence electrons. The average Bonchev–Trinajstić information content (AvgIpc) is 3.34. The molecule has 0 atom stereocenters. The summed E-state index contributed by atoms with van der Waals surface area (Å²) in [5, 5.41) is 5.42. The first-order valence-corrected chi connectivity index (χ1v) is 14.6. The molecule has 0 saturated carbocycles. The first kappa shape index (κ1) is 29.7. The molecule has 12 heteroatoms. The minimum Gasteiger partial charge on any atom is -0.496 e. The largest absolute Gasteiger partial charge is 0.496 e. The summed E-state index contributed by atoms with van der Waals surface area (Å²) in [5.74, 6) is -0.416. The van der Waals surface area contributed by atoms with Crippen LogP contribution in [0.1, 0.15) is 36.8 Å². The molecular weight excluding hydrogens is 654 g/mol. The lowest BCUT2D eigenvalue weighted by atomic mass is 10.0. The third kappa shape index (κ3) is 6.03. The van der Waals surface area contributed by atoms with Crippen LogP contribution >= 0.6 is 22.6 Å². The minimum absolute atomic E-state index is 0.0628. The third-order valence-corrected chi connectivity index (χ3v) is 7.81. The van der Waals surface area contributed by atoms with E-state index < -0.39 is 11.4 Å². The maximum atomic E-state index is 14.7. The van der Waals surface area contributed by atoms with E-state index in [1.807, 2.05) is 44.8 Å².